The van der Waals surface area contributed by atoms with Gasteiger partial charge in [-0.3, -0.25) is 67.1 Å². The monoisotopic (exact) mass is 1590 g/mol. The van der Waals surface area contributed by atoms with Crippen molar-refractivity contribution in [2.24, 2.45) is 41.2 Å². The Morgan fingerprint density at radius 1 is 0.478 bits per heavy atom. The van der Waals surface area contributed by atoms with E-state index in [1.807, 2.05) is 34.6 Å². The fraction of sp³-hybridized carbons (Fsp3) is 0.645. The van der Waals surface area contributed by atoms with E-state index < -0.39 is 199 Å². The van der Waals surface area contributed by atoms with Crippen LogP contribution in [0.5, 0.6) is 5.75 Å². The van der Waals surface area contributed by atoms with Gasteiger partial charge in [0.1, 0.15) is 78.3 Å². The maximum absolute atomic E-state index is 14.8. The average molecular weight is 1590 g/mol. The topological polar surface area (TPSA) is 551 Å². The summed E-state index contributed by atoms with van der Waals surface area (Å²) in [5.74, 6) is -14.2. The van der Waals surface area contributed by atoms with Gasteiger partial charge in [0.2, 0.25) is 82.7 Å². The number of likely N-dealkylation sites (tertiary alicyclic amines) is 2. The van der Waals surface area contributed by atoms with Crippen LogP contribution in [0.4, 0.5) is 0 Å². The highest BCUT2D eigenvalue weighted by Gasteiger charge is 2.43. The lowest BCUT2D eigenvalue weighted by Gasteiger charge is -2.31. The van der Waals surface area contributed by atoms with E-state index in [1.165, 1.54) is 66.0 Å². The van der Waals surface area contributed by atoms with Crippen LogP contribution in [0.15, 0.2) is 49.3 Å². The smallest absolute Gasteiger partial charge is 0.326 e. The molecule has 0 aliphatic carbocycles. The number of phenols is 1. The van der Waals surface area contributed by atoms with Gasteiger partial charge in [0, 0.05) is 56.1 Å². The number of H-pyrrole nitrogens is 2. The summed E-state index contributed by atoms with van der Waals surface area (Å²) >= 11 is 0. The fourth-order valence-corrected chi connectivity index (χ4v) is 13.1. The molecule has 37 heteroatoms. The van der Waals surface area contributed by atoms with Crippen molar-refractivity contribution in [3.63, 3.8) is 0 Å². The van der Waals surface area contributed by atoms with Crippen molar-refractivity contribution >= 4 is 88.7 Å². The number of carbonyl (C=O) groups is 15. The normalized spacial score (nSPS) is 17.6. The predicted octanol–water partition coefficient (Wildman–Crippen LogP) is -1.76. The van der Waals surface area contributed by atoms with Crippen molar-refractivity contribution in [1.29, 1.82) is 0 Å². The van der Waals surface area contributed by atoms with E-state index in [0.717, 1.165) is 0 Å². The number of aromatic hydroxyl groups is 1. The molecule has 1 aromatic carbocycles. The van der Waals surface area contributed by atoms with Gasteiger partial charge in [0.05, 0.1) is 38.4 Å². The predicted molar refractivity (Wildman–Crippen MR) is 412 cm³/mol. The first-order valence-corrected chi connectivity index (χ1v) is 38.9. The molecule has 2 aliphatic heterocycles. The van der Waals surface area contributed by atoms with E-state index in [2.05, 4.69) is 83.7 Å². The second-order valence-electron chi connectivity index (χ2n) is 31.0. The van der Waals surface area contributed by atoms with Crippen LogP contribution in [-0.2, 0) is 91.2 Å². The van der Waals surface area contributed by atoms with Crippen LogP contribution in [-0.4, -0.2) is 245 Å². The van der Waals surface area contributed by atoms with Gasteiger partial charge in [-0.25, -0.2) is 14.8 Å². The number of nitrogens with one attached hydrogen (secondary N) is 14. The van der Waals surface area contributed by atoms with Gasteiger partial charge in [-0.05, 0) is 105 Å². The van der Waals surface area contributed by atoms with Crippen LogP contribution in [0, 0.1) is 35.5 Å². The van der Waals surface area contributed by atoms with E-state index >= 15 is 0 Å². The van der Waals surface area contributed by atoms with Crippen LogP contribution < -0.4 is 69.5 Å². The largest absolute Gasteiger partial charge is 0.508 e. The van der Waals surface area contributed by atoms with E-state index in [4.69, 9.17) is 5.73 Å². The van der Waals surface area contributed by atoms with Gasteiger partial charge in [0.15, 0.2) is 0 Å². The Morgan fingerprint density at radius 3 is 1.41 bits per heavy atom. The summed E-state index contributed by atoms with van der Waals surface area (Å²) in [4.78, 5) is 225. The van der Waals surface area contributed by atoms with Crippen molar-refractivity contribution in [3.05, 3.63) is 66.3 Å². The molecule has 3 aromatic rings. The third-order valence-corrected chi connectivity index (χ3v) is 19.9. The van der Waals surface area contributed by atoms with Crippen LogP contribution in [0.1, 0.15) is 165 Å². The highest BCUT2D eigenvalue weighted by molar-refractivity contribution is 6.00. The Bertz CT molecular complexity index is 3710. The summed E-state index contributed by atoms with van der Waals surface area (Å²) in [6.45, 7) is 20.6. The third kappa shape index (κ3) is 29.2. The summed E-state index contributed by atoms with van der Waals surface area (Å²) in [6.07, 6.45) is 7.38. The van der Waals surface area contributed by atoms with Gasteiger partial charge >= 0.3 is 5.97 Å². The Morgan fingerprint density at radius 2 is 0.920 bits per heavy atom. The summed E-state index contributed by atoms with van der Waals surface area (Å²) in [5, 5.41) is 61.3. The summed E-state index contributed by atoms with van der Waals surface area (Å²) in [5.41, 5.74) is 7.45. The summed E-state index contributed by atoms with van der Waals surface area (Å²) < 4.78 is 0. The minimum Gasteiger partial charge on any atom is -0.508 e. The number of phenolic OH excluding ortho intramolecular Hbond substituents is 1. The van der Waals surface area contributed by atoms with E-state index in [-0.39, 0.29) is 74.5 Å². The minimum absolute atomic E-state index is 0.0103. The molecule has 5 rings (SSSR count). The second kappa shape index (κ2) is 45.2. The Labute approximate surface area is 658 Å². The molecule has 37 nitrogen and oxygen atoms in total. The van der Waals surface area contributed by atoms with Crippen molar-refractivity contribution < 1.29 is 87.2 Å². The Hall–Kier alpha value is -10.6. The average Bonchev–Trinajstić information content (AvgIpc) is 1.76. The number of amides is 14. The minimum atomic E-state index is -1.66. The number of benzene rings is 1. The molecule has 2 aliphatic rings. The molecule has 19 N–H and O–H groups in total. The van der Waals surface area contributed by atoms with Crippen LogP contribution >= 0.6 is 0 Å². The highest BCUT2D eigenvalue weighted by Crippen LogP contribution is 2.24. The standard InChI is InChI=1S/C76H119N19O18/c1-14-43(11)62(72(108)81-34-59(98)80-35-60(99)91-61(42(9)10)76(112)113)92-69(105)56(36-96)90-70(106)57-18-17-25-95(57)75(111)55(28-41(7)8)89-67(103)52(29-46-20-22-49(97)23-21-46)85-64(100)45(13)84-65(101)53(30-47-32-78-37-82-47)86-68(104)54(31-48-33-79-38-83-48)87-66(102)51(27-40(5)6)88-73(109)63(44(12)15-2)93-71(107)58-19-16-24-94(58)74(110)50(77)26-39(3)4/h20-23,32-33,37-45,50-58,61-63,96-97H,14-19,24-31,34-36,77H2,1-13H3,(H,78,82)(H,79,83)(H,80,98)(H,81,108)(H,84,101)(H,85,100)(H,86,104)(H,87,102)(H,88,109)(H,89,103)(H,90,106)(H,91,99)(H,92,105)(H,93,107)(H,112,113)/t43-,44-,45-,50-,51-,52-,53-,54-,55-,56-,57-,58-,61-,62-,63-/m0/s1. The van der Waals surface area contributed by atoms with Crippen molar-refractivity contribution in [2.45, 2.75) is 246 Å². The number of carboxylic acid groups (broad SMARTS) is 1. The van der Waals surface area contributed by atoms with Gasteiger partial charge < -0.3 is 105 Å². The number of nitrogens with zero attached hydrogens (tertiary/aromatic N) is 4. The zero-order valence-electron chi connectivity index (χ0n) is 66.9. The van der Waals surface area contributed by atoms with Gasteiger partial charge in [0.25, 0.3) is 0 Å². The molecule has 15 atom stereocenters. The van der Waals surface area contributed by atoms with Crippen LogP contribution in [0.25, 0.3) is 0 Å². The third-order valence-electron chi connectivity index (χ3n) is 19.9. The van der Waals surface area contributed by atoms with Gasteiger partial charge in [-0.15, -0.1) is 0 Å². The number of carbonyl (C=O) groups excluding carboxylic acids is 14. The highest BCUT2D eigenvalue weighted by atomic mass is 16.4. The lowest BCUT2D eigenvalue weighted by atomic mass is 9.96. The van der Waals surface area contributed by atoms with Crippen molar-refractivity contribution in [2.75, 3.05) is 32.8 Å². The molecular weight excluding hydrogens is 1470 g/mol. The maximum atomic E-state index is 14.8. The molecule has 0 saturated carbocycles. The Balaban J connectivity index is 1.31. The molecular formula is C76H119N19O18. The van der Waals surface area contributed by atoms with E-state index in [1.54, 1.807) is 48.5 Å². The number of aliphatic hydroxyl groups is 1. The SMILES string of the molecule is CC[C@H](C)[C@H](NC(=O)[C@H](CO)NC(=O)[C@@H]1CCCN1C(=O)[C@H](CC(C)C)NC(=O)[C@H](Cc1ccc(O)cc1)NC(=O)[C@H](C)NC(=O)[C@H](Cc1cnc[nH]1)NC(=O)[C@H](Cc1cnc[nH]1)NC(=O)[C@H](CC(C)C)NC(=O)[C@@H](NC(=O)[C@@H]1CCCN1C(=O)[C@@H](N)CC(C)C)[C@@H](C)CC)C(=O)NCC(=O)NCC(=O)N[C@H](C(=O)O)C(C)C. The quantitative estimate of drug-likeness (QED) is 0.0298. The number of aliphatic carboxylic acids is 1. The molecule has 0 spiro atoms. The van der Waals surface area contributed by atoms with E-state index in [9.17, 15) is 87.2 Å². The first-order chi connectivity index (χ1) is 53.4. The lowest BCUT2D eigenvalue weighted by Crippen LogP contribution is -2.61. The molecule has 113 heavy (non-hydrogen) atoms. The van der Waals surface area contributed by atoms with Crippen molar-refractivity contribution in [1.82, 2.24) is 93.5 Å². The number of hydrogen-bond donors (Lipinski definition) is 18. The zero-order chi connectivity index (χ0) is 84.1. The van der Waals surface area contributed by atoms with Crippen LogP contribution in [0.3, 0.4) is 0 Å². The molecule has 0 radical (unpaired) electrons. The lowest BCUT2D eigenvalue weighted by molar-refractivity contribution is -0.143. The summed E-state index contributed by atoms with van der Waals surface area (Å²) in [7, 11) is 0. The molecule has 14 amide bonds. The number of imidazole rings is 2. The zero-order valence-corrected chi connectivity index (χ0v) is 66.9. The number of aromatic amines is 2. The maximum Gasteiger partial charge on any atom is 0.326 e. The van der Waals surface area contributed by atoms with Gasteiger partial charge in [-0.2, -0.15) is 0 Å². The molecule has 2 aromatic heterocycles. The first-order valence-electron chi connectivity index (χ1n) is 38.9. The van der Waals surface area contributed by atoms with Crippen LogP contribution in [0.2, 0.25) is 0 Å². The molecule has 0 unspecified atom stereocenters. The molecule has 626 valence electrons. The number of hydrogen-bond acceptors (Lipinski definition) is 20. The number of rotatable bonds is 45. The van der Waals surface area contributed by atoms with E-state index in [0.29, 0.717) is 62.0 Å². The molecule has 2 fully saturated rings. The van der Waals surface area contributed by atoms with Gasteiger partial charge in [-0.1, -0.05) is 108 Å². The second-order valence-corrected chi connectivity index (χ2v) is 31.0. The number of aliphatic hydroxyl groups excluding tert-OH is 1. The number of nitrogens with two attached hydrogens (primary N) is 1. The summed E-state index contributed by atoms with van der Waals surface area (Å²) in [6, 6.07) is -11.1. The molecule has 0 bridgehead atoms. The number of carboxylic acids is 1. The van der Waals surface area contributed by atoms with Crippen molar-refractivity contribution in [3.8, 4) is 5.75 Å². The Kier molecular flexibility index (Phi) is 37.2. The fourth-order valence-electron chi connectivity index (χ4n) is 13.1. The number of aromatic nitrogens is 4. The molecule has 4 heterocycles. The molecule has 2 saturated heterocycles. The first kappa shape index (κ1) is 93.0.